The molecule has 2 aromatic carbocycles. The molecule has 36 heavy (non-hydrogen) atoms. The Morgan fingerprint density at radius 2 is 1.83 bits per heavy atom. The molecule has 4 aromatic rings. The van der Waals surface area contributed by atoms with Gasteiger partial charge in [0.15, 0.2) is 12.0 Å². The van der Waals surface area contributed by atoms with Crippen molar-refractivity contribution in [3.63, 3.8) is 0 Å². The Labute approximate surface area is 206 Å². The van der Waals surface area contributed by atoms with E-state index in [2.05, 4.69) is 0 Å². The fraction of sp³-hybridized carbons (Fsp3) is 0.250. The summed E-state index contributed by atoms with van der Waals surface area (Å²) in [5.41, 5.74) is 1.52. The SMILES string of the molecule is O=C(COc1cc(O)c2c(=O)cc(-c3ccccc3)oc2c1)N1C[C@H]2C[C@@H](C1)c1cccc(=O)n1C2. The van der Waals surface area contributed by atoms with Gasteiger partial charge in [-0.15, -0.1) is 0 Å². The minimum absolute atomic E-state index is 0.00324. The quantitative estimate of drug-likeness (QED) is 0.477. The van der Waals surface area contributed by atoms with Crippen LogP contribution in [-0.4, -0.2) is 40.2 Å². The average Bonchev–Trinajstić information content (AvgIpc) is 2.88. The van der Waals surface area contributed by atoms with Crippen LogP contribution in [0.3, 0.4) is 0 Å². The molecule has 1 N–H and O–H groups in total. The summed E-state index contributed by atoms with van der Waals surface area (Å²) in [5, 5.41) is 10.5. The van der Waals surface area contributed by atoms with Gasteiger partial charge in [0.05, 0.1) is 0 Å². The van der Waals surface area contributed by atoms with Gasteiger partial charge in [-0.2, -0.15) is 0 Å². The smallest absolute Gasteiger partial charge is 0.260 e. The van der Waals surface area contributed by atoms with E-state index in [4.69, 9.17) is 9.15 Å². The van der Waals surface area contributed by atoms with Gasteiger partial charge in [-0.05, 0) is 18.4 Å². The van der Waals surface area contributed by atoms with Crippen molar-refractivity contribution in [2.45, 2.75) is 18.9 Å². The van der Waals surface area contributed by atoms with E-state index in [1.807, 2.05) is 41.0 Å². The number of benzene rings is 2. The second-order valence-electron chi connectivity index (χ2n) is 9.44. The van der Waals surface area contributed by atoms with Gasteiger partial charge >= 0.3 is 0 Å². The number of aromatic nitrogens is 1. The molecule has 2 aliphatic heterocycles. The number of likely N-dealkylation sites (tertiary alicyclic amines) is 1. The zero-order valence-electron chi connectivity index (χ0n) is 19.4. The third kappa shape index (κ3) is 3.94. The van der Waals surface area contributed by atoms with Gasteiger partial charge < -0.3 is 23.7 Å². The number of aromatic hydroxyl groups is 1. The molecule has 2 atom stereocenters. The van der Waals surface area contributed by atoms with E-state index in [1.54, 1.807) is 17.0 Å². The minimum Gasteiger partial charge on any atom is -0.507 e. The number of fused-ring (bicyclic) bond motifs is 5. The summed E-state index contributed by atoms with van der Waals surface area (Å²) in [5.74, 6) is 0.505. The zero-order chi connectivity index (χ0) is 24.8. The van der Waals surface area contributed by atoms with Crippen LogP contribution in [0.5, 0.6) is 11.5 Å². The molecule has 6 rings (SSSR count). The maximum atomic E-state index is 13.0. The third-order valence-electron chi connectivity index (χ3n) is 7.04. The van der Waals surface area contributed by atoms with Gasteiger partial charge in [0.1, 0.15) is 28.2 Å². The number of piperidine rings is 1. The molecular weight excluding hydrogens is 460 g/mol. The highest BCUT2D eigenvalue weighted by atomic mass is 16.5. The van der Waals surface area contributed by atoms with Gasteiger partial charge in [0.2, 0.25) is 0 Å². The average molecular weight is 485 g/mol. The third-order valence-corrected chi connectivity index (χ3v) is 7.04. The number of hydrogen-bond acceptors (Lipinski definition) is 6. The highest BCUT2D eigenvalue weighted by Gasteiger charge is 2.36. The largest absolute Gasteiger partial charge is 0.507 e. The Bertz CT molecular complexity index is 1590. The van der Waals surface area contributed by atoms with Gasteiger partial charge in [-0.3, -0.25) is 14.4 Å². The maximum Gasteiger partial charge on any atom is 0.260 e. The fourth-order valence-corrected chi connectivity index (χ4v) is 5.41. The lowest BCUT2D eigenvalue weighted by Crippen LogP contribution is -2.50. The van der Waals surface area contributed by atoms with Crippen molar-refractivity contribution in [1.82, 2.24) is 9.47 Å². The zero-order valence-corrected chi connectivity index (χ0v) is 19.4. The summed E-state index contributed by atoms with van der Waals surface area (Å²) >= 11 is 0. The summed E-state index contributed by atoms with van der Waals surface area (Å²) < 4.78 is 13.5. The normalized spacial score (nSPS) is 18.6. The number of amides is 1. The number of phenolic OH excluding ortho intramolecular Hbond substituents is 1. The molecule has 0 radical (unpaired) electrons. The molecule has 0 aliphatic carbocycles. The number of carbonyl (C=O) groups is 1. The summed E-state index contributed by atoms with van der Waals surface area (Å²) in [6.45, 7) is 1.49. The van der Waals surface area contributed by atoms with Crippen molar-refractivity contribution >= 4 is 16.9 Å². The van der Waals surface area contributed by atoms with Crippen LogP contribution < -0.4 is 15.7 Å². The summed E-state index contributed by atoms with van der Waals surface area (Å²) in [7, 11) is 0. The topological polar surface area (TPSA) is 102 Å². The number of hydrogen-bond donors (Lipinski definition) is 1. The molecule has 2 bridgehead atoms. The second-order valence-corrected chi connectivity index (χ2v) is 9.44. The number of nitrogens with zero attached hydrogens (tertiary/aromatic N) is 2. The lowest BCUT2D eigenvalue weighted by atomic mass is 9.83. The molecule has 0 saturated carbocycles. The van der Waals surface area contributed by atoms with Crippen molar-refractivity contribution in [1.29, 1.82) is 0 Å². The highest BCUT2D eigenvalue weighted by molar-refractivity contribution is 5.86. The van der Waals surface area contributed by atoms with E-state index >= 15 is 0 Å². The van der Waals surface area contributed by atoms with Crippen LogP contribution in [0.25, 0.3) is 22.3 Å². The number of carbonyl (C=O) groups excluding carboxylic acids is 1. The van der Waals surface area contributed by atoms with Crippen LogP contribution in [-0.2, 0) is 11.3 Å². The van der Waals surface area contributed by atoms with Crippen molar-refractivity contribution in [3.8, 4) is 22.8 Å². The van der Waals surface area contributed by atoms with E-state index in [0.29, 0.717) is 25.4 Å². The highest BCUT2D eigenvalue weighted by Crippen LogP contribution is 2.35. The minimum atomic E-state index is -0.366. The van der Waals surface area contributed by atoms with Crippen LogP contribution in [0.2, 0.25) is 0 Å². The van der Waals surface area contributed by atoms with E-state index in [9.17, 15) is 19.5 Å². The molecule has 1 amide bonds. The van der Waals surface area contributed by atoms with Crippen LogP contribution in [0.15, 0.2) is 80.7 Å². The molecule has 2 aliphatic rings. The van der Waals surface area contributed by atoms with Crippen molar-refractivity contribution in [2.24, 2.45) is 5.92 Å². The first-order chi connectivity index (χ1) is 17.5. The molecular formula is C28H24N2O6. The predicted molar refractivity (Wildman–Crippen MR) is 133 cm³/mol. The molecule has 4 heterocycles. The van der Waals surface area contributed by atoms with Crippen molar-refractivity contribution < 1.29 is 19.1 Å². The monoisotopic (exact) mass is 484 g/mol. The van der Waals surface area contributed by atoms with Gasteiger partial charge in [0, 0.05) is 61.1 Å². The molecule has 1 saturated heterocycles. The number of ether oxygens (including phenoxy) is 1. The molecule has 0 unspecified atom stereocenters. The van der Waals surface area contributed by atoms with Gasteiger partial charge in [0.25, 0.3) is 11.5 Å². The number of rotatable bonds is 4. The molecule has 8 nitrogen and oxygen atoms in total. The van der Waals surface area contributed by atoms with Crippen LogP contribution in [0.1, 0.15) is 18.0 Å². The summed E-state index contributed by atoms with van der Waals surface area (Å²) in [6.07, 6.45) is 0.954. The number of phenols is 1. The first kappa shape index (κ1) is 22.2. The number of pyridine rings is 1. The predicted octanol–water partition coefficient (Wildman–Crippen LogP) is 3.35. The summed E-state index contributed by atoms with van der Waals surface area (Å²) in [6, 6.07) is 18.7. The van der Waals surface area contributed by atoms with Crippen LogP contribution in [0, 0.1) is 5.92 Å². The molecule has 8 heteroatoms. The van der Waals surface area contributed by atoms with Gasteiger partial charge in [-0.1, -0.05) is 36.4 Å². The maximum absolute atomic E-state index is 13.0. The van der Waals surface area contributed by atoms with E-state index in [1.165, 1.54) is 18.2 Å². The van der Waals surface area contributed by atoms with Gasteiger partial charge in [-0.25, -0.2) is 0 Å². The Morgan fingerprint density at radius 1 is 1.00 bits per heavy atom. The second kappa shape index (κ2) is 8.71. The molecule has 0 spiro atoms. The standard InChI is InChI=1S/C28H24N2O6/c31-22-10-20(11-25-28(22)23(32)12-24(36-25)18-5-2-1-3-6-18)35-16-27(34)29-13-17-9-19(15-29)21-7-4-8-26(33)30(21)14-17/h1-8,10-12,17,19,31H,9,13-16H2/t17-,19+/m1/s1. The Balaban J connectivity index is 1.21. The van der Waals surface area contributed by atoms with E-state index in [0.717, 1.165) is 17.7 Å². The lowest BCUT2D eigenvalue weighted by Gasteiger charge is -2.42. The molecule has 1 fully saturated rings. The molecule has 2 aromatic heterocycles. The molecule has 182 valence electrons. The first-order valence-corrected chi connectivity index (χ1v) is 11.9. The van der Waals surface area contributed by atoms with Crippen LogP contribution in [0.4, 0.5) is 0 Å². The van der Waals surface area contributed by atoms with Crippen molar-refractivity contribution in [3.05, 3.63) is 93.0 Å². The fourth-order valence-electron chi connectivity index (χ4n) is 5.41. The van der Waals surface area contributed by atoms with E-state index < -0.39 is 0 Å². The Kier molecular flexibility index (Phi) is 5.36. The van der Waals surface area contributed by atoms with E-state index in [-0.39, 0.29) is 57.8 Å². The lowest BCUT2D eigenvalue weighted by molar-refractivity contribution is -0.136. The summed E-state index contributed by atoms with van der Waals surface area (Å²) in [4.78, 5) is 39.7. The Hall–Kier alpha value is -4.33. The van der Waals surface area contributed by atoms with Crippen molar-refractivity contribution in [2.75, 3.05) is 19.7 Å². The first-order valence-electron chi connectivity index (χ1n) is 11.9. The Morgan fingerprint density at radius 3 is 2.67 bits per heavy atom. The van der Waals surface area contributed by atoms with Crippen LogP contribution >= 0.6 is 0 Å².